The standard InChI is InChI=1S/C13H17ClN4O2S/c1-9-12(15)7-10(14)8-13(9)21(19,20)17-6-4-11-3-5-16-18(11)2/h3,5,7-8,17H,4,6,15H2,1-2H3. The summed E-state index contributed by atoms with van der Waals surface area (Å²) in [7, 11) is -1.83. The summed E-state index contributed by atoms with van der Waals surface area (Å²) < 4.78 is 28.9. The maximum atomic E-state index is 12.3. The third-order valence-electron chi connectivity index (χ3n) is 3.25. The van der Waals surface area contributed by atoms with Gasteiger partial charge in [0.1, 0.15) is 0 Å². The average molecular weight is 329 g/mol. The van der Waals surface area contributed by atoms with Crippen LogP contribution < -0.4 is 10.5 Å². The highest BCUT2D eigenvalue weighted by atomic mass is 35.5. The lowest BCUT2D eigenvalue weighted by molar-refractivity contribution is 0.579. The first-order valence-electron chi connectivity index (χ1n) is 6.33. The Balaban J connectivity index is 2.14. The molecule has 2 rings (SSSR count). The zero-order chi connectivity index (χ0) is 15.6. The molecule has 0 radical (unpaired) electrons. The van der Waals surface area contributed by atoms with Crippen LogP contribution in [0.5, 0.6) is 0 Å². The van der Waals surface area contributed by atoms with E-state index in [4.69, 9.17) is 17.3 Å². The monoisotopic (exact) mass is 328 g/mol. The highest BCUT2D eigenvalue weighted by molar-refractivity contribution is 7.89. The minimum absolute atomic E-state index is 0.109. The number of rotatable bonds is 5. The molecule has 114 valence electrons. The van der Waals surface area contributed by atoms with E-state index in [1.54, 1.807) is 17.8 Å². The van der Waals surface area contributed by atoms with Crippen molar-refractivity contribution in [3.63, 3.8) is 0 Å². The number of halogens is 1. The van der Waals surface area contributed by atoms with Crippen LogP contribution in [0.3, 0.4) is 0 Å². The Morgan fingerprint density at radius 2 is 2.14 bits per heavy atom. The summed E-state index contributed by atoms with van der Waals surface area (Å²) in [6.07, 6.45) is 2.22. The summed E-state index contributed by atoms with van der Waals surface area (Å²) in [6, 6.07) is 4.78. The number of nitrogens with zero attached hydrogens (tertiary/aromatic N) is 2. The van der Waals surface area contributed by atoms with Gasteiger partial charge in [0.05, 0.1) is 4.90 Å². The van der Waals surface area contributed by atoms with E-state index in [1.807, 2.05) is 13.1 Å². The van der Waals surface area contributed by atoms with Crippen molar-refractivity contribution in [2.45, 2.75) is 18.2 Å². The molecule has 0 aliphatic heterocycles. The summed E-state index contributed by atoms with van der Waals surface area (Å²) >= 11 is 5.88. The minimum Gasteiger partial charge on any atom is -0.398 e. The molecular formula is C13H17ClN4O2S. The second-order valence-corrected chi connectivity index (χ2v) is 6.88. The van der Waals surface area contributed by atoms with Gasteiger partial charge in [-0.25, -0.2) is 13.1 Å². The molecule has 0 saturated carbocycles. The quantitative estimate of drug-likeness (QED) is 0.814. The van der Waals surface area contributed by atoms with E-state index in [-0.39, 0.29) is 11.4 Å². The van der Waals surface area contributed by atoms with Crippen molar-refractivity contribution in [2.75, 3.05) is 12.3 Å². The van der Waals surface area contributed by atoms with Gasteiger partial charge in [-0.05, 0) is 30.7 Å². The predicted octanol–water partition coefficient (Wildman–Crippen LogP) is 1.49. The van der Waals surface area contributed by atoms with Crippen molar-refractivity contribution in [1.82, 2.24) is 14.5 Å². The molecule has 6 nitrogen and oxygen atoms in total. The van der Waals surface area contributed by atoms with E-state index in [9.17, 15) is 8.42 Å². The molecule has 8 heteroatoms. The molecule has 0 aliphatic carbocycles. The van der Waals surface area contributed by atoms with Gasteiger partial charge in [-0.2, -0.15) is 5.10 Å². The Hall–Kier alpha value is -1.57. The van der Waals surface area contributed by atoms with Crippen LogP contribution in [0, 0.1) is 6.92 Å². The van der Waals surface area contributed by atoms with Gasteiger partial charge in [0.2, 0.25) is 10.0 Å². The van der Waals surface area contributed by atoms with Gasteiger partial charge in [0, 0.05) is 42.6 Å². The van der Waals surface area contributed by atoms with Gasteiger partial charge in [-0.1, -0.05) is 11.6 Å². The van der Waals surface area contributed by atoms with Crippen molar-refractivity contribution in [2.24, 2.45) is 7.05 Å². The van der Waals surface area contributed by atoms with Gasteiger partial charge < -0.3 is 5.73 Å². The molecule has 1 aromatic heterocycles. The normalized spacial score (nSPS) is 11.8. The molecule has 0 unspecified atom stereocenters. The SMILES string of the molecule is Cc1c(N)cc(Cl)cc1S(=O)(=O)NCCc1ccnn1C. The van der Waals surface area contributed by atoms with Crippen LogP contribution in [0.2, 0.25) is 5.02 Å². The van der Waals surface area contributed by atoms with Crippen molar-refractivity contribution in [3.8, 4) is 0 Å². The van der Waals surface area contributed by atoms with Crippen LogP contribution in [0.4, 0.5) is 5.69 Å². The number of sulfonamides is 1. The first-order valence-corrected chi connectivity index (χ1v) is 8.19. The zero-order valence-corrected chi connectivity index (χ0v) is 13.4. The Labute approximate surface area is 129 Å². The number of aromatic nitrogens is 2. The van der Waals surface area contributed by atoms with E-state index in [0.717, 1.165) is 5.69 Å². The number of anilines is 1. The molecule has 0 bridgehead atoms. The zero-order valence-electron chi connectivity index (χ0n) is 11.8. The summed E-state index contributed by atoms with van der Waals surface area (Å²) in [4.78, 5) is 0.109. The van der Waals surface area contributed by atoms with E-state index >= 15 is 0 Å². The summed E-state index contributed by atoms with van der Waals surface area (Å²) in [5.74, 6) is 0. The van der Waals surface area contributed by atoms with E-state index in [1.165, 1.54) is 12.1 Å². The number of nitrogen functional groups attached to an aromatic ring is 1. The van der Waals surface area contributed by atoms with Gasteiger partial charge in [0.25, 0.3) is 0 Å². The number of aryl methyl sites for hydroxylation is 1. The summed E-state index contributed by atoms with van der Waals surface area (Å²) in [6.45, 7) is 1.93. The van der Waals surface area contributed by atoms with Crippen LogP contribution in [-0.2, 0) is 23.5 Å². The fourth-order valence-corrected chi connectivity index (χ4v) is 3.61. The number of nitrogens with one attached hydrogen (secondary N) is 1. The van der Waals surface area contributed by atoms with Crippen LogP contribution in [0.15, 0.2) is 29.3 Å². The van der Waals surface area contributed by atoms with Crippen molar-refractivity contribution in [1.29, 1.82) is 0 Å². The molecule has 3 N–H and O–H groups in total. The molecule has 1 heterocycles. The van der Waals surface area contributed by atoms with Crippen LogP contribution >= 0.6 is 11.6 Å². The first-order chi connectivity index (χ1) is 9.81. The lowest BCUT2D eigenvalue weighted by Gasteiger charge is -2.11. The van der Waals surface area contributed by atoms with E-state index in [2.05, 4.69) is 9.82 Å². The molecule has 0 aliphatic rings. The smallest absolute Gasteiger partial charge is 0.240 e. The van der Waals surface area contributed by atoms with Gasteiger partial charge >= 0.3 is 0 Å². The van der Waals surface area contributed by atoms with Crippen molar-refractivity contribution < 1.29 is 8.42 Å². The Bertz CT molecular complexity index is 756. The fourth-order valence-electron chi connectivity index (χ4n) is 1.99. The molecule has 0 fully saturated rings. The van der Waals surface area contributed by atoms with E-state index in [0.29, 0.717) is 22.7 Å². The Kier molecular flexibility index (Phi) is 4.55. The predicted molar refractivity (Wildman–Crippen MR) is 82.7 cm³/mol. The lowest BCUT2D eigenvalue weighted by atomic mass is 10.2. The third kappa shape index (κ3) is 3.55. The highest BCUT2D eigenvalue weighted by Crippen LogP contribution is 2.25. The summed E-state index contributed by atoms with van der Waals surface area (Å²) in [5, 5.41) is 4.33. The Morgan fingerprint density at radius 3 is 2.76 bits per heavy atom. The molecule has 21 heavy (non-hydrogen) atoms. The highest BCUT2D eigenvalue weighted by Gasteiger charge is 2.18. The minimum atomic E-state index is -3.65. The molecule has 0 spiro atoms. The molecule has 0 saturated heterocycles. The second kappa shape index (κ2) is 6.05. The van der Waals surface area contributed by atoms with Crippen LogP contribution in [0.25, 0.3) is 0 Å². The molecular weight excluding hydrogens is 312 g/mol. The average Bonchev–Trinajstić information content (AvgIpc) is 2.79. The number of hydrogen-bond acceptors (Lipinski definition) is 4. The van der Waals surface area contributed by atoms with Gasteiger partial charge in [-0.3, -0.25) is 4.68 Å². The lowest BCUT2D eigenvalue weighted by Crippen LogP contribution is -2.27. The molecule has 0 atom stereocenters. The van der Waals surface area contributed by atoms with E-state index < -0.39 is 10.0 Å². The maximum absolute atomic E-state index is 12.3. The fraction of sp³-hybridized carbons (Fsp3) is 0.308. The van der Waals surface area contributed by atoms with Gasteiger partial charge in [-0.15, -0.1) is 0 Å². The number of benzene rings is 1. The largest absolute Gasteiger partial charge is 0.398 e. The van der Waals surface area contributed by atoms with Gasteiger partial charge in [0.15, 0.2) is 0 Å². The third-order valence-corrected chi connectivity index (χ3v) is 5.06. The molecule has 2 aromatic rings. The number of hydrogen-bond donors (Lipinski definition) is 2. The first kappa shape index (κ1) is 15.8. The maximum Gasteiger partial charge on any atom is 0.240 e. The van der Waals surface area contributed by atoms with Crippen LogP contribution in [-0.4, -0.2) is 24.7 Å². The topological polar surface area (TPSA) is 90.0 Å². The second-order valence-electron chi connectivity index (χ2n) is 4.71. The van der Waals surface area contributed by atoms with Crippen molar-refractivity contribution in [3.05, 3.63) is 40.7 Å². The summed E-state index contributed by atoms with van der Waals surface area (Å²) in [5.41, 5.74) is 7.55. The Morgan fingerprint density at radius 1 is 1.43 bits per heavy atom. The number of nitrogens with two attached hydrogens (primary N) is 1. The molecule has 0 amide bonds. The molecule has 1 aromatic carbocycles. The van der Waals surface area contributed by atoms with Crippen LogP contribution in [0.1, 0.15) is 11.3 Å². The van der Waals surface area contributed by atoms with Crippen molar-refractivity contribution >= 4 is 27.3 Å².